The number of nitrogens with zero attached hydrogens (tertiary/aromatic N) is 5. The number of nitriles is 1. The van der Waals surface area contributed by atoms with E-state index >= 15 is 0 Å². The highest BCUT2D eigenvalue weighted by atomic mass is 16.2. The third-order valence-corrected chi connectivity index (χ3v) is 6.88. The van der Waals surface area contributed by atoms with Crippen molar-refractivity contribution in [3.63, 3.8) is 0 Å². The van der Waals surface area contributed by atoms with Gasteiger partial charge in [-0.05, 0) is 36.2 Å². The average Bonchev–Trinajstić information content (AvgIpc) is 2.91. The Balaban J connectivity index is 1.46. The Morgan fingerprint density at radius 2 is 1.97 bits per heavy atom. The number of hydrogen-bond acceptors (Lipinski definition) is 7. The van der Waals surface area contributed by atoms with Crippen molar-refractivity contribution in [3.05, 3.63) is 65.5 Å². The summed E-state index contributed by atoms with van der Waals surface area (Å²) in [5.74, 6) is 1.17. The molecule has 2 amide bonds. The number of piperazine rings is 1. The molecule has 1 fully saturated rings. The number of amides is 2. The SMILES string of the molecule is CC(C)[C@@H]1Nc2nc(nc3ccccc23)CN2CCN(C(=O)c3cccc(C#N)c3)CC2CNC1=O. The molecule has 2 bridgehead atoms. The topological polar surface area (TPSA) is 114 Å². The highest BCUT2D eigenvalue weighted by molar-refractivity contribution is 5.95. The number of aromatic nitrogens is 2. The first-order valence-corrected chi connectivity index (χ1v) is 12.3. The summed E-state index contributed by atoms with van der Waals surface area (Å²) in [6.07, 6.45) is 0. The minimum Gasteiger partial charge on any atom is -0.358 e. The molecule has 2 N–H and O–H groups in total. The molecule has 3 aromatic rings. The molecule has 1 unspecified atom stereocenters. The van der Waals surface area contributed by atoms with Gasteiger partial charge < -0.3 is 15.5 Å². The second-order valence-corrected chi connectivity index (χ2v) is 9.68. The number of fused-ring (bicyclic) bond motifs is 5. The van der Waals surface area contributed by atoms with E-state index in [-0.39, 0.29) is 23.8 Å². The first-order chi connectivity index (χ1) is 17.4. The third-order valence-electron chi connectivity index (χ3n) is 6.88. The zero-order chi connectivity index (χ0) is 25.2. The van der Waals surface area contributed by atoms with E-state index in [1.807, 2.05) is 38.1 Å². The van der Waals surface area contributed by atoms with Gasteiger partial charge in [-0.25, -0.2) is 9.97 Å². The zero-order valence-corrected chi connectivity index (χ0v) is 20.4. The highest BCUT2D eigenvalue weighted by Crippen LogP contribution is 2.24. The van der Waals surface area contributed by atoms with Crippen molar-refractivity contribution in [2.75, 3.05) is 31.5 Å². The Kier molecular flexibility index (Phi) is 6.53. The molecular weight excluding hydrogens is 454 g/mol. The molecule has 0 aliphatic carbocycles. The van der Waals surface area contributed by atoms with Crippen molar-refractivity contribution in [3.8, 4) is 6.07 Å². The summed E-state index contributed by atoms with van der Waals surface area (Å²) in [6, 6.07) is 16.1. The van der Waals surface area contributed by atoms with Gasteiger partial charge in [0, 0.05) is 43.2 Å². The molecule has 2 atom stereocenters. The maximum absolute atomic E-state index is 13.3. The van der Waals surface area contributed by atoms with Gasteiger partial charge in [-0.2, -0.15) is 5.26 Å². The summed E-state index contributed by atoms with van der Waals surface area (Å²) in [4.78, 5) is 40.2. The van der Waals surface area contributed by atoms with E-state index in [1.165, 1.54) is 0 Å². The quantitative estimate of drug-likeness (QED) is 0.575. The van der Waals surface area contributed by atoms with Crippen LogP contribution in [-0.2, 0) is 11.3 Å². The first-order valence-electron chi connectivity index (χ1n) is 12.3. The molecule has 5 rings (SSSR count). The molecule has 2 aliphatic rings. The summed E-state index contributed by atoms with van der Waals surface area (Å²) >= 11 is 0. The molecule has 184 valence electrons. The summed E-state index contributed by atoms with van der Waals surface area (Å²) < 4.78 is 0. The van der Waals surface area contributed by atoms with Crippen LogP contribution in [0.25, 0.3) is 10.9 Å². The van der Waals surface area contributed by atoms with Gasteiger partial charge >= 0.3 is 0 Å². The first kappa shape index (κ1) is 23.7. The molecule has 9 nitrogen and oxygen atoms in total. The Hall–Kier alpha value is -4.03. The molecule has 36 heavy (non-hydrogen) atoms. The molecule has 2 aromatic carbocycles. The van der Waals surface area contributed by atoms with E-state index in [0.717, 1.165) is 10.9 Å². The predicted molar refractivity (Wildman–Crippen MR) is 136 cm³/mol. The number of carbonyl (C=O) groups is 2. The third kappa shape index (κ3) is 4.72. The summed E-state index contributed by atoms with van der Waals surface area (Å²) in [7, 11) is 0. The van der Waals surface area contributed by atoms with Crippen LogP contribution < -0.4 is 10.6 Å². The fourth-order valence-corrected chi connectivity index (χ4v) is 4.88. The minimum absolute atomic E-state index is 0.0378. The molecule has 9 heteroatoms. The van der Waals surface area contributed by atoms with Crippen LogP contribution in [0.2, 0.25) is 0 Å². The summed E-state index contributed by atoms with van der Waals surface area (Å²) in [6.45, 7) is 6.54. The van der Waals surface area contributed by atoms with E-state index in [0.29, 0.717) is 55.5 Å². The van der Waals surface area contributed by atoms with E-state index < -0.39 is 6.04 Å². The van der Waals surface area contributed by atoms with Gasteiger partial charge in [-0.3, -0.25) is 14.5 Å². The summed E-state index contributed by atoms with van der Waals surface area (Å²) in [5.41, 5.74) is 1.78. The lowest BCUT2D eigenvalue weighted by Gasteiger charge is -2.41. The number of anilines is 1. The van der Waals surface area contributed by atoms with E-state index in [9.17, 15) is 14.9 Å². The fourth-order valence-electron chi connectivity index (χ4n) is 4.88. The van der Waals surface area contributed by atoms with Crippen LogP contribution in [0.5, 0.6) is 0 Å². The van der Waals surface area contributed by atoms with Crippen molar-refractivity contribution in [2.45, 2.75) is 32.5 Å². The molecule has 0 saturated carbocycles. The second kappa shape index (κ2) is 9.91. The van der Waals surface area contributed by atoms with Gasteiger partial charge in [0.1, 0.15) is 17.7 Å². The number of para-hydroxylation sites is 1. The monoisotopic (exact) mass is 483 g/mol. The van der Waals surface area contributed by atoms with Crippen molar-refractivity contribution >= 4 is 28.5 Å². The number of nitrogens with one attached hydrogen (secondary N) is 2. The molecule has 1 saturated heterocycles. The van der Waals surface area contributed by atoms with Crippen LogP contribution in [0, 0.1) is 17.2 Å². The van der Waals surface area contributed by atoms with E-state index in [2.05, 4.69) is 21.6 Å². The maximum atomic E-state index is 13.3. The van der Waals surface area contributed by atoms with Crippen molar-refractivity contribution in [2.24, 2.45) is 5.92 Å². The molecule has 1 aromatic heterocycles. The average molecular weight is 484 g/mol. The normalized spacial score (nSPS) is 20.6. The van der Waals surface area contributed by atoms with E-state index in [1.54, 1.807) is 29.2 Å². The van der Waals surface area contributed by atoms with Crippen LogP contribution in [-0.4, -0.2) is 69.8 Å². The van der Waals surface area contributed by atoms with Crippen molar-refractivity contribution < 1.29 is 9.59 Å². The number of hydrogen-bond donors (Lipinski definition) is 2. The minimum atomic E-state index is -0.460. The smallest absolute Gasteiger partial charge is 0.253 e. The van der Waals surface area contributed by atoms with E-state index in [4.69, 9.17) is 9.97 Å². The van der Waals surface area contributed by atoms with Gasteiger partial charge in [-0.1, -0.05) is 32.0 Å². The molecule has 0 spiro atoms. The molecular formula is C27H29N7O2. The molecule has 0 radical (unpaired) electrons. The maximum Gasteiger partial charge on any atom is 0.253 e. The number of rotatable bonds is 2. The van der Waals surface area contributed by atoms with Crippen LogP contribution in [0.1, 0.15) is 35.6 Å². The Morgan fingerprint density at radius 1 is 1.14 bits per heavy atom. The lowest BCUT2D eigenvalue weighted by Crippen LogP contribution is -2.58. The van der Waals surface area contributed by atoms with Crippen LogP contribution in [0.15, 0.2) is 48.5 Å². The van der Waals surface area contributed by atoms with Crippen LogP contribution in [0.4, 0.5) is 5.82 Å². The number of benzene rings is 2. The fraction of sp³-hybridized carbons (Fsp3) is 0.370. The van der Waals surface area contributed by atoms with Crippen molar-refractivity contribution in [1.82, 2.24) is 25.1 Å². The van der Waals surface area contributed by atoms with Crippen LogP contribution >= 0.6 is 0 Å². The van der Waals surface area contributed by atoms with Gasteiger partial charge in [-0.15, -0.1) is 0 Å². The number of carbonyl (C=O) groups excluding carboxylic acids is 2. The van der Waals surface area contributed by atoms with Gasteiger partial charge in [0.2, 0.25) is 5.91 Å². The second-order valence-electron chi connectivity index (χ2n) is 9.68. The Morgan fingerprint density at radius 3 is 2.78 bits per heavy atom. The molecule has 2 aliphatic heterocycles. The standard InChI is InChI=1S/C27H29N7O2/c1-17(2)24-26(35)29-14-20-15-34(27(36)19-7-5-6-18(12-19)13-28)11-10-33(20)16-23-30-22-9-4-3-8-21(22)25(31-23)32-24/h3-9,12,17,20,24H,10-11,14-16H2,1-2H3,(H,29,35)(H,30,31,32)/t20?,24-/m0/s1. The van der Waals surface area contributed by atoms with Crippen LogP contribution in [0.3, 0.4) is 0 Å². The van der Waals surface area contributed by atoms with Gasteiger partial charge in [0.25, 0.3) is 5.91 Å². The lowest BCUT2D eigenvalue weighted by molar-refractivity contribution is -0.123. The largest absolute Gasteiger partial charge is 0.358 e. The Labute approximate surface area is 210 Å². The molecule has 3 heterocycles. The van der Waals surface area contributed by atoms with Gasteiger partial charge in [0.15, 0.2) is 0 Å². The Bertz CT molecular complexity index is 1350. The summed E-state index contributed by atoms with van der Waals surface area (Å²) in [5, 5.41) is 16.6. The highest BCUT2D eigenvalue weighted by Gasteiger charge is 2.33. The zero-order valence-electron chi connectivity index (χ0n) is 20.4. The van der Waals surface area contributed by atoms with Crippen molar-refractivity contribution in [1.29, 1.82) is 5.26 Å². The predicted octanol–water partition coefficient (Wildman–Crippen LogP) is 2.39. The lowest BCUT2D eigenvalue weighted by atomic mass is 10.0. The van der Waals surface area contributed by atoms with Gasteiger partial charge in [0.05, 0.1) is 23.7 Å².